The molecule has 5 heteroatoms. The highest BCUT2D eigenvalue weighted by molar-refractivity contribution is 7.17. The van der Waals surface area contributed by atoms with Gasteiger partial charge in [0.25, 0.3) is 0 Å². The minimum Gasteiger partial charge on any atom is -0.465 e. The van der Waals surface area contributed by atoms with Crippen molar-refractivity contribution in [2.24, 2.45) is 0 Å². The number of thiazole rings is 1. The highest BCUT2D eigenvalue weighted by Gasteiger charge is 2.14. The zero-order valence-corrected chi connectivity index (χ0v) is 9.59. The number of ether oxygens (including phenoxy) is 1. The average molecular weight is 214 g/mol. The van der Waals surface area contributed by atoms with Crippen LogP contribution in [0.4, 0.5) is 5.13 Å². The van der Waals surface area contributed by atoms with Gasteiger partial charge in [0.15, 0.2) is 5.13 Å². The van der Waals surface area contributed by atoms with E-state index in [0.29, 0.717) is 10.9 Å². The molecule has 0 saturated carbocycles. The Balaban J connectivity index is 2.82. The van der Waals surface area contributed by atoms with Crippen LogP contribution in [0.3, 0.4) is 0 Å². The fraction of sp³-hybridized carbons (Fsp3) is 0.556. The first-order valence-electron chi connectivity index (χ1n) is 4.33. The maximum Gasteiger partial charge on any atom is 0.349 e. The average Bonchev–Trinajstić information content (AvgIpc) is 2.64. The van der Waals surface area contributed by atoms with E-state index in [-0.39, 0.29) is 5.97 Å². The number of aromatic nitrogens is 1. The monoisotopic (exact) mass is 214 g/mol. The van der Waals surface area contributed by atoms with Crippen LogP contribution in [0.5, 0.6) is 0 Å². The molecule has 0 amide bonds. The van der Waals surface area contributed by atoms with E-state index in [9.17, 15) is 4.79 Å². The molecular formula is C9H14N2O2S. The summed E-state index contributed by atoms with van der Waals surface area (Å²) < 4.78 is 4.60. The Bertz CT molecular complexity index is 322. The summed E-state index contributed by atoms with van der Waals surface area (Å²) in [6.45, 7) is 4.14. The van der Waals surface area contributed by atoms with Gasteiger partial charge in [-0.3, -0.25) is 0 Å². The minimum atomic E-state index is -0.328. The second-order valence-corrected chi connectivity index (χ2v) is 4.21. The van der Waals surface area contributed by atoms with Crippen molar-refractivity contribution in [1.29, 1.82) is 0 Å². The Morgan fingerprint density at radius 1 is 1.64 bits per heavy atom. The molecule has 1 rings (SSSR count). The third-order valence-electron chi connectivity index (χ3n) is 1.96. The lowest BCUT2D eigenvalue weighted by Crippen LogP contribution is -2.25. The molecule has 0 fully saturated rings. The largest absolute Gasteiger partial charge is 0.465 e. The lowest BCUT2D eigenvalue weighted by atomic mass is 10.4. The normalized spacial score (nSPS) is 10.4. The van der Waals surface area contributed by atoms with Crippen molar-refractivity contribution in [2.75, 3.05) is 19.1 Å². The second-order valence-electron chi connectivity index (χ2n) is 3.20. The number of hydrogen-bond acceptors (Lipinski definition) is 5. The number of nitrogens with zero attached hydrogens (tertiary/aromatic N) is 2. The van der Waals surface area contributed by atoms with E-state index in [1.54, 1.807) is 6.20 Å². The first kappa shape index (κ1) is 11.0. The van der Waals surface area contributed by atoms with Crippen LogP contribution in [-0.4, -0.2) is 31.2 Å². The number of rotatable bonds is 3. The van der Waals surface area contributed by atoms with E-state index in [1.807, 2.05) is 11.9 Å². The molecule has 0 radical (unpaired) electrons. The molecule has 0 saturated heterocycles. The standard InChI is InChI=1S/C9H14N2O2S/c1-6(2)11(3)9-10-5-7(14-9)8(12)13-4/h5-6H,1-4H3. The fourth-order valence-corrected chi connectivity index (χ4v) is 1.77. The van der Waals surface area contributed by atoms with Crippen LogP contribution in [0.1, 0.15) is 23.5 Å². The number of carbonyl (C=O) groups is 1. The lowest BCUT2D eigenvalue weighted by molar-refractivity contribution is 0.0606. The Kier molecular flexibility index (Phi) is 3.46. The predicted molar refractivity (Wildman–Crippen MR) is 57.0 cm³/mol. The molecular weight excluding hydrogens is 200 g/mol. The molecule has 0 atom stereocenters. The van der Waals surface area contributed by atoms with Crippen LogP contribution in [0, 0.1) is 0 Å². The summed E-state index contributed by atoms with van der Waals surface area (Å²) in [5.41, 5.74) is 0. The van der Waals surface area contributed by atoms with Gasteiger partial charge in [-0.15, -0.1) is 0 Å². The summed E-state index contributed by atoms with van der Waals surface area (Å²) in [6.07, 6.45) is 1.55. The molecule has 0 spiro atoms. The Hall–Kier alpha value is -1.10. The summed E-state index contributed by atoms with van der Waals surface area (Å²) in [5.74, 6) is -0.328. The van der Waals surface area contributed by atoms with Crippen LogP contribution < -0.4 is 4.90 Å². The molecule has 78 valence electrons. The third-order valence-corrected chi connectivity index (χ3v) is 3.02. The van der Waals surface area contributed by atoms with Crippen LogP contribution in [0.25, 0.3) is 0 Å². The number of anilines is 1. The third kappa shape index (κ3) is 2.23. The highest BCUT2D eigenvalue weighted by atomic mass is 32.1. The highest BCUT2D eigenvalue weighted by Crippen LogP contribution is 2.23. The molecule has 0 aliphatic heterocycles. The first-order chi connectivity index (χ1) is 6.56. The van der Waals surface area contributed by atoms with Crippen LogP contribution in [0.15, 0.2) is 6.20 Å². The number of methoxy groups -OCH3 is 1. The quantitative estimate of drug-likeness (QED) is 0.719. The van der Waals surface area contributed by atoms with E-state index in [0.717, 1.165) is 5.13 Å². The van der Waals surface area contributed by atoms with Gasteiger partial charge >= 0.3 is 5.97 Å². The predicted octanol–water partition coefficient (Wildman–Crippen LogP) is 1.77. The molecule has 0 N–H and O–H groups in total. The Morgan fingerprint density at radius 2 is 2.29 bits per heavy atom. The summed E-state index contributed by atoms with van der Waals surface area (Å²) in [4.78, 5) is 17.8. The molecule has 14 heavy (non-hydrogen) atoms. The minimum absolute atomic E-state index is 0.328. The van der Waals surface area contributed by atoms with Crippen LogP contribution >= 0.6 is 11.3 Å². The molecule has 0 bridgehead atoms. The molecule has 1 aromatic heterocycles. The number of hydrogen-bond donors (Lipinski definition) is 0. The van der Waals surface area contributed by atoms with Gasteiger partial charge in [-0.2, -0.15) is 0 Å². The van der Waals surface area contributed by atoms with Crippen molar-refractivity contribution in [1.82, 2.24) is 4.98 Å². The van der Waals surface area contributed by atoms with Crippen molar-refractivity contribution in [2.45, 2.75) is 19.9 Å². The summed E-state index contributed by atoms with van der Waals surface area (Å²) >= 11 is 1.34. The van der Waals surface area contributed by atoms with Gasteiger partial charge in [0, 0.05) is 13.1 Å². The second kappa shape index (κ2) is 4.41. The molecule has 0 aliphatic carbocycles. The number of carbonyl (C=O) groups excluding carboxylic acids is 1. The smallest absolute Gasteiger partial charge is 0.349 e. The first-order valence-corrected chi connectivity index (χ1v) is 5.15. The van der Waals surface area contributed by atoms with Gasteiger partial charge in [0.2, 0.25) is 0 Å². The molecule has 1 heterocycles. The zero-order valence-electron chi connectivity index (χ0n) is 8.77. The Labute approximate surface area is 87.5 Å². The molecule has 0 aromatic carbocycles. The van der Waals surface area contributed by atoms with Crippen molar-refractivity contribution in [3.05, 3.63) is 11.1 Å². The van der Waals surface area contributed by atoms with Gasteiger partial charge in [-0.25, -0.2) is 9.78 Å². The van der Waals surface area contributed by atoms with Crippen molar-refractivity contribution < 1.29 is 9.53 Å². The van der Waals surface area contributed by atoms with Crippen molar-refractivity contribution in [3.63, 3.8) is 0 Å². The van der Waals surface area contributed by atoms with E-state index in [4.69, 9.17) is 0 Å². The molecule has 0 aliphatic rings. The van der Waals surface area contributed by atoms with Crippen LogP contribution in [-0.2, 0) is 4.74 Å². The van der Waals surface area contributed by atoms with Crippen LogP contribution in [0.2, 0.25) is 0 Å². The summed E-state index contributed by atoms with van der Waals surface area (Å²) in [6, 6.07) is 0.367. The topological polar surface area (TPSA) is 42.4 Å². The van der Waals surface area contributed by atoms with Gasteiger partial charge in [-0.05, 0) is 13.8 Å². The zero-order chi connectivity index (χ0) is 10.7. The summed E-state index contributed by atoms with van der Waals surface area (Å²) in [5, 5.41) is 0.834. The van der Waals surface area contributed by atoms with Crippen molar-refractivity contribution in [3.8, 4) is 0 Å². The summed E-state index contributed by atoms with van der Waals surface area (Å²) in [7, 11) is 3.32. The van der Waals surface area contributed by atoms with E-state index < -0.39 is 0 Å². The van der Waals surface area contributed by atoms with Gasteiger partial charge < -0.3 is 9.64 Å². The van der Waals surface area contributed by atoms with E-state index in [2.05, 4.69) is 23.6 Å². The van der Waals surface area contributed by atoms with Gasteiger partial charge in [-0.1, -0.05) is 11.3 Å². The molecule has 0 unspecified atom stereocenters. The van der Waals surface area contributed by atoms with Gasteiger partial charge in [0.1, 0.15) is 4.88 Å². The molecule has 1 aromatic rings. The molecule has 4 nitrogen and oxygen atoms in total. The fourth-order valence-electron chi connectivity index (χ4n) is 0.844. The number of esters is 1. The maximum atomic E-state index is 11.1. The Morgan fingerprint density at radius 3 is 2.79 bits per heavy atom. The van der Waals surface area contributed by atoms with E-state index in [1.165, 1.54) is 18.4 Å². The van der Waals surface area contributed by atoms with E-state index >= 15 is 0 Å². The maximum absolute atomic E-state index is 11.1. The van der Waals surface area contributed by atoms with Gasteiger partial charge in [0.05, 0.1) is 13.3 Å². The lowest BCUT2D eigenvalue weighted by Gasteiger charge is -2.19. The SMILES string of the molecule is COC(=O)c1cnc(N(C)C(C)C)s1. The van der Waals surface area contributed by atoms with Crippen molar-refractivity contribution >= 4 is 22.4 Å².